The zero-order valence-corrected chi connectivity index (χ0v) is 9.49. The van der Waals surface area contributed by atoms with Gasteiger partial charge in [-0.25, -0.2) is 9.78 Å². The number of oxazole rings is 1. The normalized spacial score (nSPS) is 12.1. The van der Waals surface area contributed by atoms with Gasteiger partial charge in [-0.2, -0.15) is 11.8 Å². The van der Waals surface area contributed by atoms with Gasteiger partial charge in [0.25, 0.3) is 5.89 Å². The van der Waals surface area contributed by atoms with Crippen molar-refractivity contribution in [2.75, 3.05) is 12.0 Å². The van der Waals surface area contributed by atoms with Gasteiger partial charge >= 0.3 is 11.9 Å². The Morgan fingerprint density at radius 3 is 2.94 bits per heavy atom. The number of amides is 1. The lowest BCUT2D eigenvalue weighted by molar-refractivity contribution is -0.139. The second-order valence-electron chi connectivity index (χ2n) is 2.98. The number of carbonyl (C=O) groups is 2. The standard InChI is InChI=1S/C9H12N2O4S/c1-16-5-2-6(9(13)14)11-7(12)8-10-3-4-15-8/h3-4,6H,2,5H2,1H3,(H,11,12)(H,13,14)/t6-/m0/s1. The van der Waals surface area contributed by atoms with E-state index in [1.54, 1.807) is 0 Å². The molecule has 0 fully saturated rings. The quantitative estimate of drug-likeness (QED) is 0.761. The van der Waals surface area contributed by atoms with Crippen LogP contribution >= 0.6 is 11.8 Å². The molecule has 1 heterocycles. The van der Waals surface area contributed by atoms with Crippen LogP contribution in [0.25, 0.3) is 0 Å². The number of hydrogen-bond donors (Lipinski definition) is 2. The average molecular weight is 244 g/mol. The molecule has 0 unspecified atom stereocenters. The van der Waals surface area contributed by atoms with Crippen molar-refractivity contribution in [1.29, 1.82) is 0 Å². The van der Waals surface area contributed by atoms with Crippen LogP contribution in [-0.4, -0.2) is 40.0 Å². The van der Waals surface area contributed by atoms with Gasteiger partial charge in [-0.1, -0.05) is 0 Å². The van der Waals surface area contributed by atoms with Gasteiger partial charge in [-0.05, 0) is 18.4 Å². The molecule has 6 nitrogen and oxygen atoms in total. The lowest BCUT2D eigenvalue weighted by Crippen LogP contribution is -2.41. The number of carboxylic acids is 1. The van der Waals surface area contributed by atoms with Gasteiger partial charge in [0.2, 0.25) is 0 Å². The van der Waals surface area contributed by atoms with Crippen molar-refractivity contribution in [3.8, 4) is 0 Å². The Kier molecular flexibility index (Phi) is 4.84. The highest BCUT2D eigenvalue weighted by molar-refractivity contribution is 7.98. The van der Waals surface area contributed by atoms with Gasteiger partial charge in [0.15, 0.2) is 0 Å². The Bertz CT molecular complexity index is 352. The van der Waals surface area contributed by atoms with Gasteiger partial charge in [0, 0.05) is 0 Å². The fourth-order valence-corrected chi connectivity index (χ4v) is 1.52. The molecule has 16 heavy (non-hydrogen) atoms. The van der Waals surface area contributed by atoms with Crippen LogP contribution in [0, 0.1) is 0 Å². The maximum atomic E-state index is 11.4. The van der Waals surface area contributed by atoms with Crippen LogP contribution in [-0.2, 0) is 4.79 Å². The first-order valence-electron chi connectivity index (χ1n) is 4.57. The van der Waals surface area contributed by atoms with Gasteiger partial charge in [-0.3, -0.25) is 4.79 Å². The number of nitrogens with zero attached hydrogens (tertiary/aromatic N) is 1. The molecule has 1 aromatic heterocycles. The van der Waals surface area contributed by atoms with Crippen molar-refractivity contribution in [2.24, 2.45) is 0 Å². The molecule has 1 amide bonds. The first kappa shape index (κ1) is 12.6. The Hall–Kier alpha value is -1.50. The summed E-state index contributed by atoms with van der Waals surface area (Å²) >= 11 is 1.52. The minimum Gasteiger partial charge on any atom is -0.480 e. The molecule has 0 aromatic carbocycles. The van der Waals surface area contributed by atoms with Crippen molar-refractivity contribution < 1.29 is 19.1 Å². The van der Waals surface area contributed by atoms with Crippen LogP contribution in [0.4, 0.5) is 0 Å². The Morgan fingerprint density at radius 1 is 1.69 bits per heavy atom. The van der Waals surface area contributed by atoms with E-state index in [0.29, 0.717) is 12.2 Å². The van der Waals surface area contributed by atoms with Crippen molar-refractivity contribution in [2.45, 2.75) is 12.5 Å². The fraction of sp³-hybridized carbons (Fsp3) is 0.444. The van der Waals surface area contributed by atoms with Gasteiger partial charge in [0.05, 0.1) is 6.20 Å². The summed E-state index contributed by atoms with van der Waals surface area (Å²) < 4.78 is 4.76. The molecule has 1 aromatic rings. The summed E-state index contributed by atoms with van der Waals surface area (Å²) in [5.74, 6) is -1.15. The summed E-state index contributed by atoms with van der Waals surface area (Å²) in [6, 6.07) is -0.910. The second-order valence-corrected chi connectivity index (χ2v) is 3.97. The zero-order chi connectivity index (χ0) is 12.0. The topological polar surface area (TPSA) is 92.4 Å². The van der Waals surface area contributed by atoms with Crippen molar-refractivity contribution in [3.63, 3.8) is 0 Å². The molecule has 88 valence electrons. The summed E-state index contributed by atoms with van der Waals surface area (Å²) in [5.41, 5.74) is 0. The predicted octanol–water partition coefficient (Wildman–Crippen LogP) is 0.611. The Morgan fingerprint density at radius 2 is 2.44 bits per heavy atom. The highest BCUT2D eigenvalue weighted by atomic mass is 32.2. The lowest BCUT2D eigenvalue weighted by atomic mass is 10.2. The minimum atomic E-state index is -1.06. The molecule has 1 atom stereocenters. The van der Waals surface area contributed by atoms with Crippen molar-refractivity contribution in [1.82, 2.24) is 10.3 Å². The number of aliphatic carboxylic acids is 1. The smallest absolute Gasteiger partial charge is 0.326 e. The van der Waals surface area contributed by atoms with E-state index in [9.17, 15) is 9.59 Å². The lowest BCUT2D eigenvalue weighted by Gasteiger charge is -2.12. The van der Waals surface area contributed by atoms with Crippen LogP contribution in [0.2, 0.25) is 0 Å². The second kappa shape index (κ2) is 6.16. The first-order chi connectivity index (χ1) is 7.65. The Balaban J connectivity index is 2.54. The maximum Gasteiger partial charge on any atom is 0.326 e. The van der Waals surface area contributed by atoms with Crippen LogP contribution in [0.5, 0.6) is 0 Å². The van der Waals surface area contributed by atoms with E-state index >= 15 is 0 Å². The number of nitrogens with one attached hydrogen (secondary N) is 1. The predicted molar refractivity (Wildman–Crippen MR) is 58.4 cm³/mol. The summed E-state index contributed by atoms with van der Waals surface area (Å²) in [6.07, 6.45) is 4.82. The third-order valence-corrected chi connectivity index (χ3v) is 2.48. The molecule has 0 bridgehead atoms. The van der Waals surface area contributed by atoms with E-state index in [1.165, 1.54) is 24.2 Å². The van der Waals surface area contributed by atoms with E-state index in [0.717, 1.165) is 0 Å². The van der Waals surface area contributed by atoms with E-state index in [-0.39, 0.29) is 5.89 Å². The number of thioether (sulfide) groups is 1. The monoisotopic (exact) mass is 244 g/mol. The molecule has 0 saturated carbocycles. The van der Waals surface area contributed by atoms with Gasteiger partial charge in [0.1, 0.15) is 12.3 Å². The molecule has 7 heteroatoms. The first-order valence-corrected chi connectivity index (χ1v) is 5.96. The van der Waals surface area contributed by atoms with E-state index < -0.39 is 17.9 Å². The van der Waals surface area contributed by atoms with Crippen LogP contribution in [0.1, 0.15) is 17.1 Å². The minimum absolute atomic E-state index is 0.129. The summed E-state index contributed by atoms with van der Waals surface area (Å²) in [7, 11) is 0. The molecule has 0 saturated heterocycles. The molecule has 0 radical (unpaired) electrons. The summed E-state index contributed by atoms with van der Waals surface area (Å²) in [6.45, 7) is 0. The number of aromatic nitrogens is 1. The van der Waals surface area contributed by atoms with Crippen LogP contribution < -0.4 is 5.32 Å². The maximum absolute atomic E-state index is 11.4. The molecule has 2 N–H and O–H groups in total. The van der Waals surface area contributed by atoms with E-state index in [2.05, 4.69) is 10.3 Å². The largest absolute Gasteiger partial charge is 0.480 e. The SMILES string of the molecule is CSCC[C@H](NC(=O)c1ncco1)C(=O)O. The number of carbonyl (C=O) groups excluding carboxylic acids is 1. The average Bonchev–Trinajstić information content (AvgIpc) is 2.76. The van der Waals surface area contributed by atoms with Crippen LogP contribution in [0.15, 0.2) is 16.9 Å². The molecular formula is C9H12N2O4S. The number of rotatable bonds is 6. The number of carboxylic acid groups (broad SMARTS) is 1. The summed E-state index contributed by atoms with van der Waals surface area (Å²) in [5, 5.41) is 11.2. The van der Waals surface area contributed by atoms with Gasteiger partial charge < -0.3 is 14.8 Å². The zero-order valence-electron chi connectivity index (χ0n) is 8.67. The van der Waals surface area contributed by atoms with Gasteiger partial charge in [-0.15, -0.1) is 0 Å². The van der Waals surface area contributed by atoms with Crippen molar-refractivity contribution in [3.05, 3.63) is 18.4 Å². The number of hydrogen-bond acceptors (Lipinski definition) is 5. The molecule has 0 aliphatic rings. The van der Waals surface area contributed by atoms with Crippen LogP contribution in [0.3, 0.4) is 0 Å². The highest BCUT2D eigenvalue weighted by Gasteiger charge is 2.21. The Labute approximate surface area is 96.4 Å². The van der Waals surface area contributed by atoms with E-state index in [4.69, 9.17) is 9.52 Å². The molecule has 1 rings (SSSR count). The highest BCUT2D eigenvalue weighted by Crippen LogP contribution is 2.02. The third kappa shape index (κ3) is 3.58. The fourth-order valence-electron chi connectivity index (χ4n) is 1.05. The molecule has 0 aliphatic carbocycles. The van der Waals surface area contributed by atoms with E-state index in [1.807, 2.05) is 6.26 Å². The summed E-state index contributed by atoms with van der Waals surface area (Å²) in [4.78, 5) is 25.9. The molecular weight excluding hydrogens is 232 g/mol. The third-order valence-electron chi connectivity index (χ3n) is 1.84. The molecule has 0 aliphatic heterocycles. The van der Waals surface area contributed by atoms with Crippen molar-refractivity contribution >= 4 is 23.6 Å². The molecule has 0 spiro atoms.